The summed E-state index contributed by atoms with van der Waals surface area (Å²) in [5.41, 5.74) is 0.840. The Kier molecular flexibility index (Phi) is 8.36. The highest BCUT2D eigenvalue weighted by Gasteiger charge is 2.28. The fourth-order valence-corrected chi connectivity index (χ4v) is 3.36. The second kappa shape index (κ2) is 10.7. The molecular weight excluding hydrogens is 356 g/mol. The van der Waals surface area contributed by atoms with Crippen LogP contribution in [0.3, 0.4) is 0 Å². The molecule has 0 atom stereocenters. The number of hydrogen-bond donors (Lipinski definition) is 0. The van der Waals surface area contributed by atoms with Gasteiger partial charge in [0, 0.05) is 44.7 Å². The third kappa shape index (κ3) is 6.01. The molecule has 28 heavy (non-hydrogen) atoms. The van der Waals surface area contributed by atoms with Crippen LogP contribution in [0.4, 0.5) is 0 Å². The fourth-order valence-electron chi connectivity index (χ4n) is 3.36. The number of hydrogen-bond acceptors (Lipinski definition) is 4. The summed E-state index contributed by atoms with van der Waals surface area (Å²) in [7, 11) is 5.07. The number of carbonyl (C=O) groups excluding carboxylic acids is 2. The molecule has 1 fully saturated rings. The number of nitrogens with zero attached hydrogens (tertiary/aromatic N) is 2. The number of piperidine rings is 1. The zero-order chi connectivity index (χ0) is 20.5. The zero-order valence-electron chi connectivity index (χ0n) is 17.4. The summed E-state index contributed by atoms with van der Waals surface area (Å²) >= 11 is 0. The average molecular weight is 389 g/mol. The molecule has 0 unspecified atom stereocenters. The minimum atomic E-state index is -0.0352. The molecule has 2 amide bonds. The SMILES string of the molecule is CCCCN(C)C(=O)C1CCN(C(=O)/C=C/c2cc(OC)cc(OC)c2)CC1. The second-order valence-corrected chi connectivity index (χ2v) is 7.19. The van der Waals surface area contributed by atoms with Crippen LogP contribution >= 0.6 is 0 Å². The van der Waals surface area contributed by atoms with E-state index >= 15 is 0 Å². The number of rotatable bonds is 8. The Bertz CT molecular complexity index is 672. The van der Waals surface area contributed by atoms with Crippen LogP contribution in [0.5, 0.6) is 11.5 Å². The number of amides is 2. The number of carbonyl (C=O) groups is 2. The largest absolute Gasteiger partial charge is 0.497 e. The molecule has 0 radical (unpaired) electrons. The topological polar surface area (TPSA) is 59.1 Å². The van der Waals surface area contributed by atoms with E-state index in [9.17, 15) is 9.59 Å². The maximum atomic E-state index is 12.5. The molecule has 6 heteroatoms. The molecule has 1 heterocycles. The van der Waals surface area contributed by atoms with E-state index in [-0.39, 0.29) is 17.7 Å². The van der Waals surface area contributed by atoms with Crippen LogP contribution in [0.2, 0.25) is 0 Å². The lowest BCUT2D eigenvalue weighted by molar-refractivity contribution is -0.138. The molecule has 0 bridgehead atoms. The molecule has 0 N–H and O–H groups in total. The van der Waals surface area contributed by atoms with E-state index in [0.29, 0.717) is 24.6 Å². The molecule has 154 valence electrons. The van der Waals surface area contributed by atoms with E-state index in [1.807, 2.05) is 29.0 Å². The number of methoxy groups -OCH3 is 2. The minimum Gasteiger partial charge on any atom is -0.497 e. The third-order valence-electron chi connectivity index (χ3n) is 5.17. The Balaban J connectivity index is 1.90. The van der Waals surface area contributed by atoms with Crippen LogP contribution < -0.4 is 9.47 Å². The number of unbranched alkanes of at least 4 members (excludes halogenated alkanes) is 1. The van der Waals surface area contributed by atoms with Crippen molar-refractivity contribution >= 4 is 17.9 Å². The van der Waals surface area contributed by atoms with Crippen LogP contribution in [0.1, 0.15) is 38.2 Å². The quantitative estimate of drug-likeness (QED) is 0.642. The van der Waals surface area contributed by atoms with Gasteiger partial charge in [0.25, 0.3) is 0 Å². The van der Waals surface area contributed by atoms with Gasteiger partial charge in [-0.25, -0.2) is 0 Å². The van der Waals surface area contributed by atoms with Crippen molar-refractivity contribution in [2.75, 3.05) is 40.9 Å². The van der Waals surface area contributed by atoms with Crippen LogP contribution in [0, 0.1) is 5.92 Å². The highest BCUT2D eigenvalue weighted by molar-refractivity contribution is 5.92. The standard InChI is InChI=1S/C22H32N2O4/c1-5-6-11-23(2)22(26)18-9-12-24(13-10-18)21(25)8-7-17-14-19(27-3)16-20(15-17)28-4/h7-8,14-16,18H,5-6,9-13H2,1-4H3/b8-7+. The molecule has 0 saturated carbocycles. The van der Waals surface area contributed by atoms with Gasteiger partial charge in [0.1, 0.15) is 11.5 Å². The molecule has 2 rings (SSSR count). The Labute approximate surface area is 168 Å². The van der Waals surface area contributed by atoms with Crippen molar-refractivity contribution < 1.29 is 19.1 Å². The number of likely N-dealkylation sites (tertiary alicyclic amines) is 1. The molecule has 6 nitrogen and oxygen atoms in total. The highest BCUT2D eigenvalue weighted by atomic mass is 16.5. The Morgan fingerprint density at radius 3 is 2.29 bits per heavy atom. The lowest BCUT2D eigenvalue weighted by Crippen LogP contribution is -2.43. The molecule has 0 spiro atoms. The van der Waals surface area contributed by atoms with E-state index in [1.165, 1.54) is 0 Å². The molecule has 1 aromatic carbocycles. The molecule has 1 aliphatic rings. The van der Waals surface area contributed by atoms with Gasteiger partial charge in [-0.05, 0) is 43.0 Å². The van der Waals surface area contributed by atoms with Gasteiger partial charge in [-0.15, -0.1) is 0 Å². The molecule has 0 aromatic heterocycles. The summed E-state index contributed by atoms with van der Waals surface area (Å²) in [6.07, 6.45) is 6.89. The van der Waals surface area contributed by atoms with E-state index in [0.717, 1.165) is 37.8 Å². The van der Waals surface area contributed by atoms with Crippen LogP contribution in [-0.2, 0) is 9.59 Å². The Morgan fingerprint density at radius 1 is 1.14 bits per heavy atom. The van der Waals surface area contributed by atoms with Crippen LogP contribution in [0.15, 0.2) is 24.3 Å². The van der Waals surface area contributed by atoms with Crippen molar-refractivity contribution in [2.24, 2.45) is 5.92 Å². The average Bonchev–Trinajstić information content (AvgIpc) is 2.74. The van der Waals surface area contributed by atoms with Gasteiger partial charge < -0.3 is 19.3 Å². The van der Waals surface area contributed by atoms with Gasteiger partial charge in [-0.1, -0.05) is 13.3 Å². The van der Waals surface area contributed by atoms with Gasteiger partial charge in [0.05, 0.1) is 14.2 Å². The van der Waals surface area contributed by atoms with Crippen LogP contribution in [0.25, 0.3) is 6.08 Å². The normalized spacial score (nSPS) is 14.9. The van der Waals surface area contributed by atoms with E-state index in [2.05, 4.69) is 6.92 Å². The summed E-state index contributed by atoms with van der Waals surface area (Å²) in [6.45, 7) is 4.16. The van der Waals surface area contributed by atoms with Crippen molar-refractivity contribution in [1.82, 2.24) is 9.80 Å². The van der Waals surface area contributed by atoms with Gasteiger partial charge >= 0.3 is 0 Å². The molecule has 1 saturated heterocycles. The molecule has 0 aliphatic carbocycles. The minimum absolute atomic E-state index is 0.0255. The summed E-state index contributed by atoms with van der Waals surface area (Å²) < 4.78 is 10.5. The van der Waals surface area contributed by atoms with Gasteiger partial charge in [-0.3, -0.25) is 9.59 Å². The molecular formula is C22H32N2O4. The van der Waals surface area contributed by atoms with Crippen LogP contribution in [-0.4, -0.2) is 62.5 Å². The maximum Gasteiger partial charge on any atom is 0.246 e. The van der Waals surface area contributed by atoms with E-state index < -0.39 is 0 Å². The van der Waals surface area contributed by atoms with E-state index in [1.54, 1.807) is 32.4 Å². The first-order chi connectivity index (χ1) is 13.5. The maximum absolute atomic E-state index is 12.5. The third-order valence-corrected chi connectivity index (χ3v) is 5.17. The van der Waals surface area contributed by atoms with E-state index in [4.69, 9.17) is 9.47 Å². The summed E-state index contributed by atoms with van der Waals surface area (Å²) in [5.74, 6) is 1.56. The Hall–Kier alpha value is -2.50. The van der Waals surface area contributed by atoms with Gasteiger partial charge in [-0.2, -0.15) is 0 Å². The lowest BCUT2D eigenvalue weighted by atomic mass is 9.95. The predicted molar refractivity (Wildman–Crippen MR) is 110 cm³/mol. The number of ether oxygens (including phenoxy) is 2. The van der Waals surface area contributed by atoms with Crippen molar-refractivity contribution in [1.29, 1.82) is 0 Å². The van der Waals surface area contributed by atoms with Crippen molar-refractivity contribution in [3.63, 3.8) is 0 Å². The first kappa shape index (κ1) is 21.8. The predicted octanol–water partition coefficient (Wildman–Crippen LogP) is 3.21. The first-order valence-corrected chi connectivity index (χ1v) is 9.93. The van der Waals surface area contributed by atoms with Crippen molar-refractivity contribution in [2.45, 2.75) is 32.6 Å². The number of benzene rings is 1. The summed E-state index contributed by atoms with van der Waals surface area (Å²) in [4.78, 5) is 28.7. The Morgan fingerprint density at radius 2 is 1.75 bits per heavy atom. The molecule has 1 aliphatic heterocycles. The zero-order valence-corrected chi connectivity index (χ0v) is 17.4. The first-order valence-electron chi connectivity index (χ1n) is 9.93. The van der Waals surface area contributed by atoms with Gasteiger partial charge in [0.2, 0.25) is 11.8 Å². The summed E-state index contributed by atoms with van der Waals surface area (Å²) in [5, 5.41) is 0. The summed E-state index contributed by atoms with van der Waals surface area (Å²) in [6, 6.07) is 5.49. The van der Waals surface area contributed by atoms with Gasteiger partial charge in [0.15, 0.2) is 0 Å². The van der Waals surface area contributed by atoms with Crippen molar-refractivity contribution in [3.8, 4) is 11.5 Å². The monoisotopic (exact) mass is 388 g/mol. The highest BCUT2D eigenvalue weighted by Crippen LogP contribution is 2.24. The second-order valence-electron chi connectivity index (χ2n) is 7.19. The fraction of sp³-hybridized carbons (Fsp3) is 0.545. The smallest absolute Gasteiger partial charge is 0.246 e. The lowest BCUT2D eigenvalue weighted by Gasteiger charge is -2.32. The molecule has 1 aromatic rings. The van der Waals surface area contributed by atoms with Crippen molar-refractivity contribution in [3.05, 3.63) is 29.8 Å².